The van der Waals surface area contributed by atoms with Crippen LogP contribution in [0.2, 0.25) is 0 Å². The lowest BCUT2D eigenvalue weighted by Gasteiger charge is -1.67. The first-order chi connectivity index (χ1) is 3.29. The van der Waals surface area contributed by atoms with Crippen LogP contribution in [0.1, 0.15) is 5.69 Å². The molecule has 0 radical (unpaired) electrons. The van der Waals surface area contributed by atoms with Crippen LogP contribution in [0.4, 0.5) is 4.39 Å². The van der Waals surface area contributed by atoms with Gasteiger partial charge in [0, 0.05) is 5.38 Å². The third-order valence-electron chi connectivity index (χ3n) is 0.591. The fourth-order valence-electron chi connectivity index (χ4n) is 0.325. The Labute approximate surface area is 44.8 Å². The summed E-state index contributed by atoms with van der Waals surface area (Å²) in [4.78, 5) is 3.46. The largest absolute Gasteiger partial charge is 0.269 e. The van der Waals surface area contributed by atoms with Gasteiger partial charge < -0.3 is 0 Å². The number of thiazole rings is 1. The third kappa shape index (κ3) is 0.962. The monoisotopic (exact) mass is 117 g/mol. The molecular weight excluding hydrogens is 113 g/mol. The standard InChI is InChI=1S/C4H4FNS/c1-3-2-7-4(5)6-3/h2H,1H3. The van der Waals surface area contributed by atoms with Gasteiger partial charge in [-0.2, -0.15) is 4.39 Å². The molecule has 0 aromatic carbocycles. The van der Waals surface area contributed by atoms with E-state index >= 15 is 0 Å². The fourth-order valence-corrected chi connectivity index (χ4v) is 0.842. The lowest BCUT2D eigenvalue weighted by Crippen LogP contribution is -1.67. The van der Waals surface area contributed by atoms with E-state index in [1.54, 1.807) is 12.3 Å². The maximum absolute atomic E-state index is 11.8. The molecule has 7 heavy (non-hydrogen) atoms. The van der Waals surface area contributed by atoms with Gasteiger partial charge in [-0.05, 0) is 6.92 Å². The predicted molar refractivity (Wildman–Crippen MR) is 26.8 cm³/mol. The number of halogens is 1. The van der Waals surface area contributed by atoms with E-state index in [9.17, 15) is 4.39 Å². The Balaban J connectivity index is 3.04. The van der Waals surface area contributed by atoms with Gasteiger partial charge in [-0.25, -0.2) is 4.98 Å². The first-order valence-corrected chi connectivity index (χ1v) is 2.74. The van der Waals surface area contributed by atoms with Crippen molar-refractivity contribution in [3.05, 3.63) is 16.3 Å². The van der Waals surface area contributed by atoms with Crippen molar-refractivity contribution < 1.29 is 4.39 Å². The zero-order valence-electron chi connectivity index (χ0n) is 3.81. The second kappa shape index (κ2) is 1.58. The first kappa shape index (κ1) is 4.71. The molecule has 0 spiro atoms. The summed E-state index contributed by atoms with van der Waals surface area (Å²) in [6.45, 7) is 1.76. The van der Waals surface area contributed by atoms with Crippen molar-refractivity contribution in [2.24, 2.45) is 0 Å². The summed E-state index contributed by atoms with van der Waals surface area (Å²) in [5.41, 5.74) is 0.752. The number of nitrogens with zero attached hydrogens (tertiary/aromatic N) is 1. The second-order valence-electron chi connectivity index (χ2n) is 1.24. The summed E-state index contributed by atoms with van der Waals surface area (Å²) in [6.07, 6.45) is 0. The molecule has 0 aliphatic heterocycles. The lowest BCUT2D eigenvalue weighted by atomic mass is 10.6. The normalized spacial score (nSPS) is 9.43. The van der Waals surface area contributed by atoms with Crippen molar-refractivity contribution >= 4 is 11.3 Å². The van der Waals surface area contributed by atoms with E-state index in [0.717, 1.165) is 17.0 Å². The molecule has 1 heterocycles. The van der Waals surface area contributed by atoms with Crippen LogP contribution in [0.5, 0.6) is 0 Å². The summed E-state index contributed by atoms with van der Waals surface area (Å²) >= 11 is 1.03. The van der Waals surface area contributed by atoms with Gasteiger partial charge in [0.15, 0.2) is 0 Å². The molecular formula is C4H4FNS. The molecule has 0 bridgehead atoms. The molecule has 0 amide bonds. The van der Waals surface area contributed by atoms with Crippen molar-refractivity contribution in [3.63, 3.8) is 0 Å². The van der Waals surface area contributed by atoms with Crippen LogP contribution in [0, 0.1) is 12.2 Å². The van der Waals surface area contributed by atoms with E-state index in [4.69, 9.17) is 0 Å². The molecule has 0 unspecified atom stereocenters. The molecule has 0 saturated heterocycles. The summed E-state index contributed by atoms with van der Waals surface area (Å²) < 4.78 is 11.8. The highest BCUT2D eigenvalue weighted by Gasteiger charge is 1.90. The SMILES string of the molecule is Cc1csc(F)n1. The number of hydrogen-bond acceptors (Lipinski definition) is 2. The minimum absolute atomic E-state index is 0.350. The summed E-state index contributed by atoms with van der Waals surface area (Å²) in [5.74, 6) is 0. The zero-order chi connectivity index (χ0) is 5.28. The lowest BCUT2D eigenvalue weighted by molar-refractivity contribution is 0.614. The topological polar surface area (TPSA) is 12.9 Å². The highest BCUT2D eigenvalue weighted by Crippen LogP contribution is 2.04. The molecule has 38 valence electrons. The van der Waals surface area contributed by atoms with Gasteiger partial charge in [-0.3, -0.25) is 0 Å². The van der Waals surface area contributed by atoms with Crippen LogP contribution in [0.3, 0.4) is 0 Å². The molecule has 0 atom stereocenters. The highest BCUT2D eigenvalue weighted by molar-refractivity contribution is 7.07. The number of aryl methyl sites for hydroxylation is 1. The molecule has 3 heteroatoms. The van der Waals surface area contributed by atoms with Crippen LogP contribution < -0.4 is 0 Å². The highest BCUT2D eigenvalue weighted by atomic mass is 32.1. The van der Waals surface area contributed by atoms with Crippen LogP contribution in [0.15, 0.2) is 5.38 Å². The molecule has 0 saturated carbocycles. The number of rotatable bonds is 0. The number of aromatic nitrogens is 1. The maximum Gasteiger partial charge on any atom is 0.269 e. The van der Waals surface area contributed by atoms with E-state index in [2.05, 4.69) is 4.98 Å². The van der Waals surface area contributed by atoms with Crippen molar-refractivity contribution in [1.29, 1.82) is 0 Å². The smallest absolute Gasteiger partial charge is 0.215 e. The Morgan fingerprint density at radius 2 is 2.57 bits per heavy atom. The van der Waals surface area contributed by atoms with Gasteiger partial charge in [0.2, 0.25) is 0 Å². The van der Waals surface area contributed by atoms with E-state index in [-0.39, 0.29) is 5.26 Å². The molecule has 0 fully saturated rings. The fraction of sp³-hybridized carbons (Fsp3) is 0.250. The van der Waals surface area contributed by atoms with E-state index < -0.39 is 0 Å². The third-order valence-corrected chi connectivity index (χ3v) is 1.34. The van der Waals surface area contributed by atoms with Crippen molar-refractivity contribution in [2.75, 3.05) is 0 Å². The summed E-state index contributed by atoms with van der Waals surface area (Å²) in [6, 6.07) is 0. The van der Waals surface area contributed by atoms with Gasteiger partial charge in [0.1, 0.15) is 0 Å². The maximum atomic E-state index is 11.8. The minimum Gasteiger partial charge on any atom is -0.215 e. The van der Waals surface area contributed by atoms with Crippen LogP contribution in [-0.2, 0) is 0 Å². The molecule has 0 aliphatic rings. The summed E-state index contributed by atoms with van der Waals surface area (Å²) in [5, 5.41) is 1.33. The van der Waals surface area contributed by atoms with Crippen molar-refractivity contribution in [2.45, 2.75) is 6.92 Å². The van der Waals surface area contributed by atoms with E-state index in [0.29, 0.717) is 0 Å². The molecule has 1 aromatic heterocycles. The quantitative estimate of drug-likeness (QED) is 0.503. The van der Waals surface area contributed by atoms with Gasteiger partial charge in [-0.1, -0.05) is 11.3 Å². The average Bonchev–Trinajstić information content (AvgIpc) is 1.87. The Morgan fingerprint density at radius 1 is 1.86 bits per heavy atom. The molecule has 0 N–H and O–H groups in total. The predicted octanol–water partition coefficient (Wildman–Crippen LogP) is 1.59. The average molecular weight is 117 g/mol. The van der Waals surface area contributed by atoms with Crippen LogP contribution >= 0.6 is 11.3 Å². The van der Waals surface area contributed by atoms with E-state index in [1.165, 1.54) is 0 Å². The zero-order valence-corrected chi connectivity index (χ0v) is 4.63. The molecule has 1 rings (SSSR count). The van der Waals surface area contributed by atoms with Gasteiger partial charge in [0.25, 0.3) is 5.26 Å². The molecule has 1 aromatic rings. The molecule has 1 nitrogen and oxygen atoms in total. The van der Waals surface area contributed by atoms with Crippen molar-refractivity contribution in [1.82, 2.24) is 4.98 Å². The van der Waals surface area contributed by atoms with Gasteiger partial charge in [0.05, 0.1) is 5.69 Å². The number of hydrogen-bond donors (Lipinski definition) is 0. The van der Waals surface area contributed by atoms with Crippen molar-refractivity contribution in [3.8, 4) is 0 Å². The Bertz CT molecular complexity index is 144. The molecule has 0 aliphatic carbocycles. The second-order valence-corrected chi connectivity index (χ2v) is 2.05. The van der Waals surface area contributed by atoms with Gasteiger partial charge >= 0.3 is 0 Å². The Hall–Kier alpha value is -0.440. The first-order valence-electron chi connectivity index (χ1n) is 1.86. The van der Waals surface area contributed by atoms with E-state index in [1.807, 2.05) is 0 Å². The minimum atomic E-state index is -0.350. The Kier molecular flexibility index (Phi) is 1.06. The van der Waals surface area contributed by atoms with Crippen LogP contribution in [-0.4, -0.2) is 4.98 Å². The van der Waals surface area contributed by atoms with Crippen LogP contribution in [0.25, 0.3) is 0 Å². The van der Waals surface area contributed by atoms with Gasteiger partial charge in [-0.15, -0.1) is 0 Å². The Morgan fingerprint density at radius 3 is 2.71 bits per heavy atom. The summed E-state index contributed by atoms with van der Waals surface area (Å²) in [7, 11) is 0.